The van der Waals surface area contributed by atoms with Gasteiger partial charge in [-0.05, 0) is 6.42 Å². The van der Waals surface area contributed by atoms with Gasteiger partial charge in [0.2, 0.25) is 0 Å². The summed E-state index contributed by atoms with van der Waals surface area (Å²) in [6, 6.07) is 0. The molecule has 0 bridgehead atoms. The van der Waals surface area contributed by atoms with Crippen LogP contribution in [0.25, 0.3) is 0 Å². The summed E-state index contributed by atoms with van der Waals surface area (Å²) in [5.41, 5.74) is 0. The molecule has 0 saturated heterocycles. The minimum atomic E-state index is -6.12. The van der Waals surface area contributed by atoms with Crippen molar-refractivity contribution >= 4 is 40.5 Å². The van der Waals surface area contributed by atoms with Crippen LogP contribution in [0, 0.1) is 0 Å². The molecule has 0 amide bonds. The van der Waals surface area contributed by atoms with Gasteiger partial charge in [0.05, 0.1) is 0 Å². The monoisotopic (exact) mass is 378 g/mol. The van der Waals surface area contributed by atoms with Crippen molar-refractivity contribution < 1.29 is 51.9 Å². The maximum Gasteiger partial charge on any atom is 0.290 e. The Morgan fingerprint density at radius 1 is 0.750 bits per heavy atom. The van der Waals surface area contributed by atoms with Crippen LogP contribution in [0.5, 0.6) is 0 Å². The molecule has 0 rings (SSSR count). The van der Waals surface area contributed by atoms with Crippen molar-refractivity contribution in [3.05, 3.63) is 0 Å². The zero-order valence-corrected chi connectivity index (χ0v) is 12.7. The van der Waals surface area contributed by atoms with E-state index in [0.717, 1.165) is 0 Å². The molecule has 0 unspecified atom stereocenters. The highest BCUT2D eigenvalue weighted by atomic mass is 32.3. The molecule has 0 atom stereocenters. The quantitative estimate of drug-likeness (QED) is 0.368. The van der Waals surface area contributed by atoms with E-state index in [-0.39, 0.29) is 0 Å². The van der Waals surface area contributed by atoms with E-state index >= 15 is 0 Å². The van der Waals surface area contributed by atoms with Gasteiger partial charge in [0.1, 0.15) is 0 Å². The highest BCUT2D eigenvalue weighted by Crippen LogP contribution is 2.37. The van der Waals surface area contributed by atoms with E-state index in [9.17, 15) is 33.7 Å². The maximum absolute atomic E-state index is 11.1. The summed E-state index contributed by atoms with van der Waals surface area (Å²) < 4.78 is 115. The molecule has 122 valence electrons. The second-order valence-electron chi connectivity index (χ2n) is 3.48. The van der Waals surface area contributed by atoms with Crippen LogP contribution in [0.2, 0.25) is 0 Å². The Morgan fingerprint density at radius 3 is 1.05 bits per heavy atom. The Balaban J connectivity index is 7.23. The van der Waals surface area contributed by atoms with Crippen molar-refractivity contribution in [2.24, 2.45) is 0 Å². The predicted octanol–water partition coefficient (Wildman–Crippen LogP) is -2.03. The first-order valence-electron chi connectivity index (χ1n) is 4.29. The normalized spacial score (nSPS) is 15.5. The molecule has 0 aromatic carbocycles. The number of rotatable bonds is 6. The average Bonchev–Trinajstić information content (AvgIpc) is 2.04. The molecular formula is C4H10O12S4. The summed E-state index contributed by atoms with van der Waals surface area (Å²) in [6.45, 7) is 0.574. The Morgan fingerprint density at radius 2 is 1.00 bits per heavy atom. The first-order chi connectivity index (χ1) is 8.43. The van der Waals surface area contributed by atoms with Crippen LogP contribution >= 0.6 is 0 Å². The van der Waals surface area contributed by atoms with Crippen LogP contribution in [-0.2, 0) is 40.5 Å². The predicted molar refractivity (Wildman–Crippen MR) is 63.0 cm³/mol. The molecule has 0 aliphatic rings. The Bertz CT molecular complexity index is 716. The largest absolute Gasteiger partial charge is 0.290 e. The minimum absolute atomic E-state index is 0.574. The third kappa shape index (κ3) is 3.27. The molecule has 0 aromatic heterocycles. The molecule has 0 saturated carbocycles. The third-order valence-electron chi connectivity index (χ3n) is 2.27. The number of hydrogen-bond acceptors (Lipinski definition) is 8. The van der Waals surface area contributed by atoms with Crippen LogP contribution in [-0.4, -0.2) is 60.5 Å². The second kappa shape index (κ2) is 5.13. The molecule has 0 radical (unpaired) electrons. The first-order valence-corrected chi connectivity index (χ1v) is 10.2. The Labute approximate surface area is 114 Å². The molecular weight excluding hydrogens is 368 g/mol. The van der Waals surface area contributed by atoms with Gasteiger partial charge in [-0.3, -0.25) is 18.2 Å². The van der Waals surface area contributed by atoms with Gasteiger partial charge in [-0.15, -0.1) is 0 Å². The molecule has 4 N–H and O–H groups in total. The lowest BCUT2D eigenvalue weighted by Crippen LogP contribution is -2.60. The van der Waals surface area contributed by atoms with E-state index < -0.39 is 55.6 Å². The molecule has 0 fully saturated rings. The van der Waals surface area contributed by atoms with E-state index in [2.05, 4.69) is 0 Å². The van der Waals surface area contributed by atoms with E-state index in [0.29, 0.717) is 6.92 Å². The zero-order chi connectivity index (χ0) is 16.8. The zero-order valence-electron chi connectivity index (χ0n) is 9.47. The summed E-state index contributed by atoms with van der Waals surface area (Å²) in [5.74, 6) is 0. The van der Waals surface area contributed by atoms with E-state index in [1.54, 1.807) is 0 Å². The number of hydrogen-bond donors (Lipinski definition) is 4. The summed E-state index contributed by atoms with van der Waals surface area (Å²) in [6.07, 6.45) is -1.52. The lowest BCUT2D eigenvalue weighted by Gasteiger charge is -2.29. The fourth-order valence-electron chi connectivity index (χ4n) is 1.52. The molecule has 0 aromatic rings. The molecule has 12 nitrogen and oxygen atoms in total. The Kier molecular flexibility index (Phi) is 5.03. The topological polar surface area (TPSA) is 217 Å². The van der Waals surface area contributed by atoms with Crippen LogP contribution < -0.4 is 0 Å². The van der Waals surface area contributed by atoms with Gasteiger partial charge in [-0.25, -0.2) is 0 Å². The average molecular weight is 378 g/mol. The van der Waals surface area contributed by atoms with Gasteiger partial charge in [0, 0.05) is 0 Å². The lowest BCUT2D eigenvalue weighted by molar-refractivity contribution is 0.395. The van der Waals surface area contributed by atoms with Crippen molar-refractivity contribution in [3.8, 4) is 0 Å². The molecule has 0 aliphatic heterocycles. The minimum Gasteiger partial charge on any atom is -0.284 e. The van der Waals surface area contributed by atoms with Crippen molar-refractivity contribution in [2.75, 3.05) is 0 Å². The van der Waals surface area contributed by atoms with Crippen molar-refractivity contribution in [3.63, 3.8) is 0 Å². The second-order valence-corrected chi connectivity index (χ2v) is 10.4. The summed E-state index contributed by atoms with van der Waals surface area (Å²) in [7, 11) is -24.4. The highest BCUT2D eigenvalue weighted by Gasteiger charge is 2.68. The van der Waals surface area contributed by atoms with Gasteiger partial charge in [-0.2, -0.15) is 33.7 Å². The van der Waals surface area contributed by atoms with E-state index in [1.807, 2.05) is 0 Å². The van der Waals surface area contributed by atoms with Gasteiger partial charge < -0.3 is 0 Å². The first kappa shape index (κ1) is 19.6. The molecule has 16 heteroatoms. The van der Waals surface area contributed by atoms with Gasteiger partial charge in [0.25, 0.3) is 49.1 Å². The van der Waals surface area contributed by atoms with Gasteiger partial charge >= 0.3 is 0 Å². The smallest absolute Gasteiger partial charge is 0.284 e. The van der Waals surface area contributed by atoms with Gasteiger partial charge in [-0.1, -0.05) is 6.92 Å². The molecule has 0 aliphatic carbocycles. The summed E-state index contributed by atoms with van der Waals surface area (Å²) in [5, 5.41) is 0. The SMILES string of the molecule is CCC(C(S(=O)(=O)O)S(=O)(=O)O)(S(=O)(=O)O)S(=O)(=O)O. The maximum atomic E-state index is 11.1. The highest BCUT2D eigenvalue weighted by molar-refractivity contribution is 8.11. The van der Waals surface area contributed by atoms with E-state index in [4.69, 9.17) is 18.2 Å². The summed E-state index contributed by atoms with van der Waals surface area (Å²) >= 11 is 0. The van der Waals surface area contributed by atoms with Crippen LogP contribution in [0.3, 0.4) is 0 Å². The van der Waals surface area contributed by atoms with Crippen molar-refractivity contribution in [2.45, 2.75) is 22.0 Å². The fourth-order valence-corrected chi connectivity index (χ4v) is 9.18. The lowest BCUT2D eigenvalue weighted by atomic mass is 10.3. The van der Waals surface area contributed by atoms with Crippen molar-refractivity contribution in [1.29, 1.82) is 0 Å². The van der Waals surface area contributed by atoms with Crippen LogP contribution in [0.15, 0.2) is 0 Å². The molecule has 0 heterocycles. The molecule has 0 spiro atoms. The van der Waals surface area contributed by atoms with Crippen LogP contribution in [0.4, 0.5) is 0 Å². The third-order valence-corrected chi connectivity index (χ3v) is 10.3. The standard InChI is InChI=1S/C4H10O12S4/c1-2-4(19(11,12)13,20(14,15)16)3(17(5,6)7)18(8,9)10/h3H,2H2,1H3,(H,5,6,7)(H,8,9,10)(H,11,12,13)(H,14,15,16). The summed E-state index contributed by atoms with van der Waals surface area (Å²) in [4.78, 5) is 0. The Hall–Kier alpha value is -0.360. The molecule has 20 heavy (non-hydrogen) atoms. The van der Waals surface area contributed by atoms with Crippen LogP contribution in [0.1, 0.15) is 13.3 Å². The van der Waals surface area contributed by atoms with Crippen molar-refractivity contribution in [1.82, 2.24) is 0 Å². The van der Waals surface area contributed by atoms with E-state index in [1.165, 1.54) is 0 Å². The fraction of sp³-hybridized carbons (Fsp3) is 1.00. The van der Waals surface area contributed by atoms with Gasteiger partial charge in [0.15, 0.2) is 0 Å².